The topological polar surface area (TPSA) is 20.2 Å². The van der Waals surface area contributed by atoms with Crippen LogP contribution < -0.4 is 51.4 Å². The van der Waals surface area contributed by atoms with Crippen molar-refractivity contribution < 1.29 is 56.5 Å². The Labute approximate surface area is 85.5 Å². The summed E-state index contributed by atoms with van der Waals surface area (Å²) in [5, 5.41) is 7.86. The molecule has 0 aliphatic rings. The van der Waals surface area contributed by atoms with E-state index in [0.29, 0.717) is 12.3 Å². The van der Waals surface area contributed by atoms with Crippen LogP contribution in [-0.2, 0) is 0 Å². The zero-order valence-corrected chi connectivity index (χ0v) is 7.70. The van der Waals surface area contributed by atoms with E-state index >= 15 is 0 Å². The molecule has 0 aromatic carbocycles. The van der Waals surface area contributed by atoms with Crippen LogP contribution in [0.2, 0.25) is 0 Å². The normalized spacial score (nSPS) is 7.00. The summed E-state index contributed by atoms with van der Waals surface area (Å²) in [6.07, 6.45) is 0.585. The third kappa shape index (κ3) is 9.31. The number of aliphatic hydroxyl groups is 1. The number of hydrogen-bond donors (Lipinski definition) is 1. The Morgan fingerprint density at radius 2 is 2.17 bits per heavy atom. The molecule has 1 nitrogen and oxygen atoms in total. The van der Waals surface area contributed by atoms with E-state index in [1.165, 1.54) is 0 Å². The first-order valence-electron chi connectivity index (χ1n) is 1.43. The van der Waals surface area contributed by atoms with E-state index in [2.05, 4.69) is 0 Å². The fraction of sp³-hybridized carbons (Fsp3) is 0.667. The Morgan fingerprint density at radius 3 is 2.17 bits per heavy atom. The number of aliphatic hydroxyl groups excluding tert-OH is 1. The number of halogens is 1. The summed E-state index contributed by atoms with van der Waals surface area (Å²) in [5.74, 6) is 0.510. The van der Waals surface area contributed by atoms with Crippen molar-refractivity contribution in [3.63, 3.8) is 0 Å². The van der Waals surface area contributed by atoms with Crippen molar-refractivity contribution in [1.29, 1.82) is 0 Å². The quantitative estimate of drug-likeness (QED) is 0.266. The molecule has 32 valence electrons. The first-order chi connectivity index (χ1) is 2.41. The number of rotatable bonds is 2. The predicted octanol–water partition coefficient (Wildman–Crippen LogP) is -1.85. The van der Waals surface area contributed by atoms with E-state index in [0.717, 1.165) is 6.61 Å². The molecule has 6 heavy (non-hydrogen) atoms. The summed E-state index contributed by atoms with van der Waals surface area (Å²) in [6.45, 7) is 1.05. The molecule has 3 heteroatoms. The largest absolute Gasteiger partial charge is 1.00 e. The first kappa shape index (κ1) is 10.8. The molecule has 0 aromatic heterocycles. The molecule has 0 aliphatic carbocycles. The van der Waals surface area contributed by atoms with Gasteiger partial charge in [-0.25, -0.2) is 6.61 Å². The smallest absolute Gasteiger partial charge is 0.566 e. The Bertz CT molecular complexity index is 18.3. The predicted molar refractivity (Wildman–Crippen MR) is 21.6 cm³/mol. The molecule has 0 amide bonds. The Balaban J connectivity index is 0. The second kappa shape index (κ2) is 9.99. The van der Waals surface area contributed by atoms with Crippen molar-refractivity contribution in [3.05, 3.63) is 6.61 Å². The number of alkyl halides is 1. The van der Waals surface area contributed by atoms with Gasteiger partial charge in [-0.05, 0) is 5.88 Å². The Kier molecular flexibility index (Phi) is 18.0. The van der Waals surface area contributed by atoms with Crippen molar-refractivity contribution in [3.8, 4) is 0 Å². The molecule has 0 aromatic rings. The van der Waals surface area contributed by atoms with Gasteiger partial charge in [-0.15, -0.1) is 18.0 Å². The summed E-state index contributed by atoms with van der Waals surface area (Å²) < 4.78 is 0. The summed E-state index contributed by atoms with van der Waals surface area (Å²) >= 11 is 5.11. The minimum Gasteiger partial charge on any atom is -0.566 e. The van der Waals surface area contributed by atoms with Crippen LogP contribution in [0.5, 0.6) is 0 Å². The number of hydrogen-bond acceptors (Lipinski definition) is 1. The molecule has 0 heterocycles. The van der Waals surface area contributed by atoms with Crippen LogP contribution in [-0.4, -0.2) is 11.0 Å². The molecule has 0 rings (SSSR count). The van der Waals surface area contributed by atoms with Gasteiger partial charge in [0.2, 0.25) is 0 Å². The average Bonchev–Trinajstić information content (AvgIpc) is 1.41. The van der Waals surface area contributed by atoms with Crippen LogP contribution in [0.15, 0.2) is 0 Å². The van der Waals surface area contributed by atoms with Gasteiger partial charge in [0.15, 0.2) is 0 Å². The molecule has 0 radical (unpaired) electrons. The molecule has 0 aliphatic heterocycles. The van der Waals surface area contributed by atoms with Crippen molar-refractivity contribution in [2.45, 2.75) is 6.42 Å². The summed E-state index contributed by atoms with van der Waals surface area (Å²) in [6, 6.07) is 0. The fourth-order valence-corrected chi connectivity index (χ4v) is 0.146. The molecule has 0 unspecified atom stereocenters. The van der Waals surface area contributed by atoms with Crippen LogP contribution >= 0.6 is 11.6 Å². The van der Waals surface area contributed by atoms with E-state index in [1.807, 2.05) is 0 Å². The fourth-order valence-electron chi connectivity index (χ4n) is 0.0488. The molecule has 0 spiro atoms. The maximum Gasteiger partial charge on any atom is 1.00 e. The van der Waals surface area contributed by atoms with Gasteiger partial charge in [0, 0.05) is 0 Å². The van der Waals surface area contributed by atoms with E-state index in [9.17, 15) is 0 Å². The van der Waals surface area contributed by atoms with Crippen molar-refractivity contribution in [2.24, 2.45) is 0 Å². The van der Waals surface area contributed by atoms with Crippen LogP contribution in [0.3, 0.4) is 0 Å². The molecular formula is C3H6ClKO. The van der Waals surface area contributed by atoms with E-state index in [1.54, 1.807) is 0 Å². The van der Waals surface area contributed by atoms with Gasteiger partial charge in [0.1, 0.15) is 0 Å². The summed E-state index contributed by atoms with van der Waals surface area (Å²) in [4.78, 5) is 0. The van der Waals surface area contributed by atoms with Gasteiger partial charge in [-0.1, -0.05) is 0 Å². The van der Waals surface area contributed by atoms with Crippen LogP contribution in [0, 0.1) is 6.61 Å². The van der Waals surface area contributed by atoms with Crippen LogP contribution in [0.25, 0.3) is 0 Å². The minimum atomic E-state index is 0. The second-order valence-corrected chi connectivity index (χ2v) is 1.04. The summed E-state index contributed by atoms with van der Waals surface area (Å²) in [7, 11) is 0. The van der Waals surface area contributed by atoms with Crippen molar-refractivity contribution in [2.75, 3.05) is 5.88 Å². The molecule has 0 bridgehead atoms. The van der Waals surface area contributed by atoms with Gasteiger partial charge in [0.25, 0.3) is 0 Å². The van der Waals surface area contributed by atoms with Gasteiger partial charge in [-0.2, -0.15) is 0 Å². The van der Waals surface area contributed by atoms with E-state index in [4.69, 9.17) is 16.7 Å². The maximum absolute atomic E-state index is 7.86. The molecule has 0 saturated carbocycles. The first-order valence-corrected chi connectivity index (χ1v) is 1.97. The molecule has 1 N–H and O–H groups in total. The monoisotopic (exact) mass is 132 g/mol. The van der Waals surface area contributed by atoms with Crippen molar-refractivity contribution in [1.82, 2.24) is 0 Å². The Morgan fingerprint density at radius 1 is 1.67 bits per heavy atom. The van der Waals surface area contributed by atoms with Crippen LogP contribution in [0.1, 0.15) is 6.42 Å². The van der Waals surface area contributed by atoms with Gasteiger partial charge in [0.05, 0.1) is 0 Å². The third-order valence-electron chi connectivity index (χ3n) is 0.238. The van der Waals surface area contributed by atoms with Gasteiger partial charge in [-0.3, -0.25) is 0 Å². The standard InChI is InChI=1S/C3H6ClO.K/c4-2-1-3-5;/h3,5H,1-2H2;/q-1;+1. The minimum absolute atomic E-state index is 0. The summed E-state index contributed by atoms with van der Waals surface area (Å²) in [5.41, 5.74) is 0. The zero-order chi connectivity index (χ0) is 4.12. The average molecular weight is 133 g/mol. The van der Waals surface area contributed by atoms with Crippen molar-refractivity contribution >= 4 is 11.6 Å². The molecular weight excluding hydrogens is 127 g/mol. The SMILES string of the molecule is O[CH-]CCCl.[K+]. The third-order valence-corrected chi connectivity index (χ3v) is 0.456. The Hall–Kier alpha value is 1.89. The van der Waals surface area contributed by atoms with E-state index in [-0.39, 0.29) is 51.4 Å². The van der Waals surface area contributed by atoms with Gasteiger partial charge >= 0.3 is 51.4 Å². The molecule has 0 saturated heterocycles. The van der Waals surface area contributed by atoms with Crippen LogP contribution in [0.4, 0.5) is 0 Å². The molecule has 0 fully saturated rings. The molecule has 0 atom stereocenters. The second-order valence-electron chi connectivity index (χ2n) is 0.660. The van der Waals surface area contributed by atoms with E-state index < -0.39 is 0 Å². The zero-order valence-electron chi connectivity index (χ0n) is 3.82. The van der Waals surface area contributed by atoms with Gasteiger partial charge < -0.3 is 5.11 Å². The maximum atomic E-state index is 7.86.